The number of carbonyl (C=O) groups is 1. The van der Waals surface area contributed by atoms with Gasteiger partial charge in [-0.05, 0) is 31.5 Å². The molecule has 1 heterocycles. The Labute approximate surface area is 186 Å². The van der Waals surface area contributed by atoms with E-state index in [1.165, 1.54) is 17.0 Å². The van der Waals surface area contributed by atoms with Gasteiger partial charge in [0.25, 0.3) is 0 Å². The highest BCUT2D eigenvalue weighted by Gasteiger charge is 2.04. The van der Waals surface area contributed by atoms with Crippen molar-refractivity contribution in [2.75, 3.05) is 26.2 Å². The Bertz CT molecular complexity index is 751. The van der Waals surface area contributed by atoms with Crippen molar-refractivity contribution in [2.45, 2.75) is 26.7 Å². The van der Waals surface area contributed by atoms with E-state index in [-0.39, 0.29) is 42.1 Å². The highest BCUT2D eigenvalue weighted by Crippen LogP contribution is 2.11. The molecule has 0 aliphatic heterocycles. The Kier molecular flexibility index (Phi) is 11.7. The first-order valence-corrected chi connectivity index (χ1v) is 9.83. The number of amides is 1. The summed E-state index contributed by atoms with van der Waals surface area (Å²) in [5.41, 5.74) is 0.786. The molecule has 28 heavy (non-hydrogen) atoms. The summed E-state index contributed by atoms with van der Waals surface area (Å²) < 4.78 is 12.9. The summed E-state index contributed by atoms with van der Waals surface area (Å²) in [6.07, 6.45) is 2.92. The molecule has 6 nitrogen and oxygen atoms in total. The molecule has 1 aromatic heterocycles. The van der Waals surface area contributed by atoms with Gasteiger partial charge in [0, 0.05) is 43.7 Å². The topological polar surface area (TPSA) is 78.4 Å². The number of aryl methyl sites for hydroxylation is 1. The van der Waals surface area contributed by atoms with Crippen LogP contribution in [0.2, 0.25) is 0 Å². The number of hydrogen-bond acceptors (Lipinski definition) is 4. The lowest BCUT2D eigenvalue weighted by molar-refractivity contribution is -0.120. The maximum atomic E-state index is 12.9. The van der Waals surface area contributed by atoms with Crippen molar-refractivity contribution in [3.63, 3.8) is 0 Å². The number of aromatic nitrogens is 1. The first-order valence-electron chi connectivity index (χ1n) is 9.01. The van der Waals surface area contributed by atoms with E-state index in [0.29, 0.717) is 19.6 Å². The number of halogens is 2. The van der Waals surface area contributed by atoms with Crippen LogP contribution in [0.25, 0.3) is 0 Å². The van der Waals surface area contributed by atoms with Crippen LogP contribution in [0.15, 0.2) is 35.5 Å². The fourth-order valence-electron chi connectivity index (χ4n) is 2.36. The lowest BCUT2D eigenvalue weighted by atomic mass is 10.1. The van der Waals surface area contributed by atoms with Crippen molar-refractivity contribution >= 4 is 47.2 Å². The Morgan fingerprint density at radius 2 is 1.89 bits per heavy atom. The third kappa shape index (κ3) is 9.45. The minimum absolute atomic E-state index is 0. The number of thiazole rings is 1. The first-order chi connectivity index (χ1) is 13.1. The molecular weight excluding hydrogens is 492 g/mol. The van der Waals surface area contributed by atoms with E-state index in [2.05, 4.69) is 25.9 Å². The van der Waals surface area contributed by atoms with E-state index in [1.807, 2.05) is 20.0 Å². The third-order valence-corrected chi connectivity index (χ3v) is 4.60. The van der Waals surface area contributed by atoms with E-state index in [0.717, 1.165) is 29.5 Å². The molecule has 0 saturated carbocycles. The van der Waals surface area contributed by atoms with E-state index in [9.17, 15) is 9.18 Å². The van der Waals surface area contributed by atoms with Gasteiger partial charge >= 0.3 is 0 Å². The maximum Gasteiger partial charge on any atom is 0.224 e. The van der Waals surface area contributed by atoms with Gasteiger partial charge in [0.1, 0.15) is 5.82 Å². The predicted octanol–water partition coefficient (Wildman–Crippen LogP) is 2.67. The molecule has 0 atom stereocenters. The Morgan fingerprint density at radius 3 is 2.54 bits per heavy atom. The summed E-state index contributed by atoms with van der Waals surface area (Å²) in [4.78, 5) is 22.0. The average Bonchev–Trinajstić information content (AvgIpc) is 3.06. The first kappa shape index (κ1) is 24.3. The largest absolute Gasteiger partial charge is 0.357 e. The van der Waals surface area contributed by atoms with Crippen LogP contribution >= 0.6 is 35.3 Å². The van der Waals surface area contributed by atoms with Gasteiger partial charge in [-0.1, -0.05) is 12.1 Å². The lowest BCUT2D eigenvalue weighted by Crippen LogP contribution is -2.41. The molecule has 0 radical (unpaired) electrons. The Hall–Kier alpha value is -1.75. The summed E-state index contributed by atoms with van der Waals surface area (Å²) >= 11 is 1.69. The minimum Gasteiger partial charge on any atom is -0.357 e. The van der Waals surface area contributed by atoms with Crippen molar-refractivity contribution in [3.05, 3.63) is 51.7 Å². The molecule has 2 rings (SSSR count). The molecule has 9 heteroatoms. The second-order valence-electron chi connectivity index (χ2n) is 5.96. The van der Waals surface area contributed by atoms with E-state index in [4.69, 9.17) is 0 Å². The molecule has 1 aromatic carbocycles. The smallest absolute Gasteiger partial charge is 0.224 e. The van der Waals surface area contributed by atoms with Gasteiger partial charge in [-0.25, -0.2) is 9.37 Å². The standard InChI is InChI=1S/C19H26FN5OS.HI/c1-3-21-19(23-9-8-18-25-13-14(2)27-18)24-11-10-22-17(26)12-15-4-6-16(20)7-5-15;/h4-7,13H,3,8-12H2,1-2H3,(H,22,26)(H2,21,23,24);1H. The molecule has 0 unspecified atom stereocenters. The molecule has 2 aromatic rings. The number of guanidine groups is 1. The number of hydrogen-bond donors (Lipinski definition) is 3. The fourth-order valence-corrected chi connectivity index (χ4v) is 3.13. The number of rotatable bonds is 9. The van der Waals surface area contributed by atoms with Gasteiger partial charge in [0.15, 0.2) is 5.96 Å². The average molecular weight is 519 g/mol. The van der Waals surface area contributed by atoms with Crippen molar-refractivity contribution in [2.24, 2.45) is 4.99 Å². The summed E-state index contributed by atoms with van der Waals surface area (Å²) in [5, 5.41) is 10.3. The van der Waals surface area contributed by atoms with Crippen LogP contribution in [0.4, 0.5) is 4.39 Å². The van der Waals surface area contributed by atoms with Crippen LogP contribution in [0, 0.1) is 12.7 Å². The molecule has 0 fully saturated rings. The summed E-state index contributed by atoms with van der Waals surface area (Å²) in [7, 11) is 0. The van der Waals surface area contributed by atoms with Crippen molar-refractivity contribution in [3.8, 4) is 0 Å². The molecule has 0 bridgehead atoms. The molecule has 154 valence electrons. The zero-order valence-corrected chi connectivity index (χ0v) is 19.3. The second kappa shape index (κ2) is 13.4. The van der Waals surface area contributed by atoms with E-state index in [1.54, 1.807) is 23.5 Å². The Morgan fingerprint density at radius 1 is 1.18 bits per heavy atom. The normalized spacial score (nSPS) is 10.9. The van der Waals surface area contributed by atoms with Gasteiger partial charge in [-0.2, -0.15) is 0 Å². The van der Waals surface area contributed by atoms with Crippen molar-refractivity contribution in [1.29, 1.82) is 0 Å². The second-order valence-corrected chi connectivity index (χ2v) is 7.27. The molecule has 0 spiro atoms. The van der Waals surface area contributed by atoms with Crippen molar-refractivity contribution < 1.29 is 9.18 Å². The predicted molar refractivity (Wildman–Crippen MR) is 123 cm³/mol. The molecule has 3 N–H and O–H groups in total. The van der Waals surface area contributed by atoms with Crippen LogP contribution < -0.4 is 16.0 Å². The van der Waals surface area contributed by atoms with Gasteiger partial charge in [0.2, 0.25) is 5.91 Å². The number of carbonyl (C=O) groups excluding carboxylic acids is 1. The number of nitrogens with one attached hydrogen (secondary N) is 3. The quantitative estimate of drug-likeness (QED) is 0.206. The maximum absolute atomic E-state index is 12.9. The summed E-state index contributed by atoms with van der Waals surface area (Å²) in [5.74, 6) is 0.326. The minimum atomic E-state index is -0.302. The molecule has 0 aliphatic rings. The molecule has 0 aliphatic carbocycles. The van der Waals surface area contributed by atoms with Crippen LogP contribution in [0.1, 0.15) is 22.4 Å². The highest BCUT2D eigenvalue weighted by atomic mass is 127. The van der Waals surface area contributed by atoms with Gasteiger partial charge in [-0.3, -0.25) is 9.79 Å². The zero-order chi connectivity index (χ0) is 19.5. The van der Waals surface area contributed by atoms with Gasteiger partial charge in [0.05, 0.1) is 11.4 Å². The van der Waals surface area contributed by atoms with Crippen LogP contribution in [0.5, 0.6) is 0 Å². The zero-order valence-electron chi connectivity index (χ0n) is 16.1. The monoisotopic (exact) mass is 519 g/mol. The fraction of sp³-hybridized carbons (Fsp3) is 0.421. The molecule has 0 saturated heterocycles. The van der Waals surface area contributed by atoms with Gasteiger partial charge in [-0.15, -0.1) is 35.3 Å². The van der Waals surface area contributed by atoms with Crippen LogP contribution in [-0.4, -0.2) is 43.0 Å². The molecule has 1 amide bonds. The highest BCUT2D eigenvalue weighted by molar-refractivity contribution is 14.0. The number of benzene rings is 1. The Balaban J connectivity index is 0.00000392. The van der Waals surface area contributed by atoms with E-state index >= 15 is 0 Å². The number of aliphatic imine (C=N–C) groups is 1. The van der Waals surface area contributed by atoms with Crippen molar-refractivity contribution in [1.82, 2.24) is 20.9 Å². The van der Waals surface area contributed by atoms with E-state index < -0.39 is 0 Å². The SMILES string of the molecule is CCNC(=NCCc1ncc(C)s1)NCCNC(=O)Cc1ccc(F)cc1.I. The van der Waals surface area contributed by atoms with Crippen LogP contribution in [-0.2, 0) is 17.6 Å². The summed E-state index contributed by atoms with van der Waals surface area (Å²) in [6.45, 7) is 6.51. The number of nitrogens with zero attached hydrogens (tertiary/aromatic N) is 2. The van der Waals surface area contributed by atoms with Crippen LogP contribution in [0.3, 0.4) is 0 Å². The van der Waals surface area contributed by atoms with Gasteiger partial charge < -0.3 is 16.0 Å². The third-order valence-electron chi connectivity index (χ3n) is 3.63. The molecular formula is C19H27FIN5OS. The lowest BCUT2D eigenvalue weighted by Gasteiger charge is -2.11. The summed E-state index contributed by atoms with van der Waals surface area (Å²) in [6, 6.07) is 5.95.